The van der Waals surface area contributed by atoms with E-state index in [9.17, 15) is 19.2 Å². The van der Waals surface area contributed by atoms with Gasteiger partial charge in [-0.2, -0.15) is 0 Å². The number of esters is 4. The molecule has 10 nitrogen and oxygen atoms in total. The molecular weight excluding hydrogens is 664 g/mol. The van der Waals surface area contributed by atoms with Crippen LogP contribution in [0.4, 0.5) is 0 Å². The van der Waals surface area contributed by atoms with Crippen molar-refractivity contribution in [3.63, 3.8) is 0 Å². The van der Waals surface area contributed by atoms with E-state index in [4.69, 9.17) is 28.4 Å². The van der Waals surface area contributed by atoms with Gasteiger partial charge < -0.3 is 28.4 Å². The molecule has 0 bridgehead atoms. The first-order valence-corrected chi connectivity index (χ1v) is 20.6. The Morgan fingerprint density at radius 1 is 0.500 bits per heavy atom. The molecular formula is C42H64O10. The fourth-order valence-electron chi connectivity index (χ4n) is 9.84. The summed E-state index contributed by atoms with van der Waals surface area (Å²) in [5, 5.41) is 0. The van der Waals surface area contributed by atoms with E-state index in [0.717, 1.165) is 77.0 Å². The maximum absolute atomic E-state index is 13.3. The lowest BCUT2D eigenvalue weighted by atomic mass is 9.68. The zero-order chi connectivity index (χ0) is 36.7. The molecule has 0 amide bonds. The second-order valence-corrected chi connectivity index (χ2v) is 16.2. The van der Waals surface area contributed by atoms with Crippen LogP contribution >= 0.6 is 0 Å². The Morgan fingerprint density at radius 2 is 0.827 bits per heavy atom. The van der Waals surface area contributed by atoms with Gasteiger partial charge in [0.25, 0.3) is 12.6 Å². The molecule has 5 aliphatic rings. The highest BCUT2D eigenvalue weighted by molar-refractivity contribution is 5.81. The monoisotopic (exact) mass is 728 g/mol. The number of carbonyl (C=O) groups excluding carboxylic acids is 4. The van der Waals surface area contributed by atoms with Gasteiger partial charge in [0.1, 0.15) is 0 Å². The van der Waals surface area contributed by atoms with Crippen molar-refractivity contribution in [2.75, 3.05) is 26.4 Å². The van der Waals surface area contributed by atoms with Gasteiger partial charge in [0.15, 0.2) is 0 Å². The highest BCUT2D eigenvalue weighted by Gasteiger charge is 2.40. The van der Waals surface area contributed by atoms with E-state index in [2.05, 4.69) is 13.2 Å². The SMILES string of the molecule is C=CC(=O)OCCCC1CCC(C2CCC(C(=O)OC3OCCOC3OC(=O)C3CCC(C4CCC(CCCOC(=O)C=C)CC4)CC3)CC2)CC1. The van der Waals surface area contributed by atoms with E-state index >= 15 is 0 Å². The second kappa shape index (κ2) is 21.2. The van der Waals surface area contributed by atoms with Gasteiger partial charge in [-0.3, -0.25) is 9.59 Å². The van der Waals surface area contributed by atoms with Crippen molar-refractivity contribution in [2.24, 2.45) is 47.3 Å². The van der Waals surface area contributed by atoms with E-state index in [1.807, 2.05) is 0 Å². The highest BCUT2D eigenvalue weighted by atomic mass is 16.8. The average Bonchev–Trinajstić information content (AvgIpc) is 3.19. The maximum atomic E-state index is 13.3. The summed E-state index contributed by atoms with van der Waals surface area (Å²) in [5.74, 6) is 2.57. The molecule has 2 unspecified atom stereocenters. The molecule has 292 valence electrons. The molecule has 4 saturated carbocycles. The summed E-state index contributed by atoms with van der Waals surface area (Å²) in [5.41, 5.74) is 0. The topological polar surface area (TPSA) is 124 Å². The Labute approximate surface area is 311 Å². The van der Waals surface area contributed by atoms with Gasteiger partial charge in [-0.25, -0.2) is 9.59 Å². The van der Waals surface area contributed by atoms with Gasteiger partial charge >= 0.3 is 23.9 Å². The summed E-state index contributed by atoms with van der Waals surface area (Å²) < 4.78 is 33.4. The Kier molecular flexibility index (Phi) is 16.5. The lowest BCUT2D eigenvalue weighted by molar-refractivity contribution is -0.305. The number of carbonyl (C=O) groups is 4. The molecule has 0 aromatic rings. The van der Waals surface area contributed by atoms with Gasteiger partial charge in [-0.05, 0) is 138 Å². The molecule has 0 N–H and O–H groups in total. The largest absolute Gasteiger partial charge is 0.463 e. The van der Waals surface area contributed by atoms with Gasteiger partial charge in [-0.1, -0.05) is 38.8 Å². The average molecular weight is 729 g/mol. The molecule has 1 saturated heterocycles. The molecule has 0 aromatic carbocycles. The summed E-state index contributed by atoms with van der Waals surface area (Å²) in [6, 6.07) is 0. The van der Waals surface area contributed by atoms with Crippen LogP contribution in [0.1, 0.15) is 128 Å². The van der Waals surface area contributed by atoms with Crippen LogP contribution in [-0.2, 0) is 47.6 Å². The van der Waals surface area contributed by atoms with Crippen LogP contribution in [-0.4, -0.2) is 62.9 Å². The highest BCUT2D eigenvalue weighted by Crippen LogP contribution is 2.44. The molecule has 5 fully saturated rings. The lowest BCUT2D eigenvalue weighted by Gasteiger charge is -2.38. The molecule has 1 heterocycles. The van der Waals surface area contributed by atoms with Crippen LogP contribution in [0.2, 0.25) is 0 Å². The summed E-state index contributed by atoms with van der Waals surface area (Å²) in [7, 11) is 0. The Hall–Kier alpha value is -2.72. The number of hydrogen-bond donors (Lipinski definition) is 0. The molecule has 52 heavy (non-hydrogen) atoms. The van der Waals surface area contributed by atoms with Crippen molar-refractivity contribution >= 4 is 23.9 Å². The van der Waals surface area contributed by atoms with Crippen LogP contribution in [0.25, 0.3) is 0 Å². The summed E-state index contributed by atoms with van der Waals surface area (Å²) in [6.45, 7) is 8.39. The molecule has 10 heteroatoms. The normalized spacial score (nSPS) is 33.9. The van der Waals surface area contributed by atoms with E-state index in [-0.39, 0.29) is 48.9 Å². The molecule has 4 aliphatic carbocycles. The quantitative estimate of drug-likeness (QED) is 0.0668. The van der Waals surface area contributed by atoms with Crippen LogP contribution < -0.4 is 0 Å². The van der Waals surface area contributed by atoms with E-state index in [1.165, 1.54) is 63.5 Å². The molecule has 0 radical (unpaired) electrons. The minimum atomic E-state index is -1.03. The summed E-state index contributed by atoms with van der Waals surface area (Å²) in [6.07, 6.45) is 21.6. The smallest absolute Gasteiger partial charge is 0.330 e. The third kappa shape index (κ3) is 12.4. The predicted octanol–water partition coefficient (Wildman–Crippen LogP) is 8.02. The van der Waals surface area contributed by atoms with Gasteiger partial charge in [0.2, 0.25) is 0 Å². The number of ether oxygens (including phenoxy) is 6. The van der Waals surface area contributed by atoms with Crippen LogP contribution in [0, 0.1) is 47.3 Å². The van der Waals surface area contributed by atoms with E-state index in [1.54, 1.807) is 0 Å². The van der Waals surface area contributed by atoms with Crippen molar-refractivity contribution < 1.29 is 47.6 Å². The first kappa shape index (κ1) is 40.5. The molecule has 0 aromatic heterocycles. The number of rotatable bonds is 16. The fraction of sp³-hybridized carbons (Fsp3) is 0.810. The maximum Gasteiger partial charge on any atom is 0.330 e. The van der Waals surface area contributed by atoms with E-state index in [0.29, 0.717) is 48.7 Å². The third-order valence-corrected chi connectivity index (χ3v) is 13.0. The summed E-state index contributed by atoms with van der Waals surface area (Å²) in [4.78, 5) is 49.0. The van der Waals surface area contributed by atoms with E-state index < -0.39 is 12.6 Å². The third-order valence-electron chi connectivity index (χ3n) is 13.0. The van der Waals surface area contributed by atoms with Gasteiger partial charge in [0.05, 0.1) is 38.3 Å². The minimum absolute atomic E-state index is 0.167. The lowest BCUT2D eigenvalue weighted by Crippen LogP contribution is -2.46. The first-order chi connectivity index (χ1) is 25.3. The Bertz CT molecular complexity index is 1060. The summed E-state index contributed by atoms with van der Waals surface area (Å²) >= 11 is 0. The Balaban J connectivity index is 0.953. The first-order valence-electron chi connectivity index (χ1n) is 20.6. The number of hydrogen-bond acceptors (Lipinski definition) is 10. The van der Waals surface area contributed by atoms with Crippen molar-refractivity contribution in [2.45, 2.75) is 141 Å². The second-order valence-electron chi connectivity index (χ2n) is 16.2. The van der Waals surface area contributed by atoms with Gasteiger partial charge in [0, 0.05) is 12.2 Å². The van der Waals surface area contributed by atoms with Crippen LogP contribution in [0.3, 0.4) is 0 Å². The zero-order valence-electron chi connectivity index (χ0n) is 31.4. The fourth-order valence-corrected chi connectivity index (χ4v) is 9.84. The molecule has 0 spiro atoms. The van der Waals surface area contributed by atoms with Gasteiger partial charge in [-0.15, -0.1) is 0 Å². The van der Waals surface area contributed by atoms with Crippen LogP contribution in [0.15, 0.2) is 25.3 Å². The van der Waals surface area contributed by atoms with Crippen molar-refractivity contribution in [3.8, 4) is 0 Å². The minimum Gasteiger partial charge on any atom is -0.463 e. The molecule has 5 rings (SSSR count). The van der Waals surface area contributed by atoms with Crippen molar-refractivity contribution in [1.29, 1.82) is 0 Å². The standard InChI is InChI=1S/C42H64O10/c1-3-37(43)47-25-5-7-29-9-13-31(14-10-29)33-17-21-35(22-18-33)39(45)51-41-42(50-28-27-49-41)52-40(46)36-23-19-34(20-24-36)32-15-11-30(12-16-32)8-6-26-48-38(44)4-2/h3-4,29-36,41-42H,1-2,5-28H2. The van der Waals surface area contributed by atoms with Crippen molar-refractivity contribution in [3.05, 3.63) is 25.3 Å². The van der Waals surface area contributed by atoms with Crippen molar-refractivity contribution in [1.82, 2.24) is 0 Å². The Morgan fingerprint density at radius 3 is 1.15 bits per heavy atom. The zero-order valence-corrected chi connectivity index (χ0v) is 31.4. The predicted molar refractivity (Wildman–Crippen MR) is 194 cm³/mol. The molecule has 1 aliphatic heterocycles. The molecule has 2 atom stereocenters. The van der Waals surface area contributed by atoms with Crippen LogP contribution in [0.5, 0.6) is 0 Å².